The van der Waals surface area contributed by atoms with Crippen molar-refractivity contribution in [2.24, 2.45) is 4.99 Å². The van der Waals surface area contributed by atoms with Crippen LogP contribution < -0.4 is 16.0 Å². The van der Waals surface area contributed by atoms with Gasteiger partial charge in [-0.2, -0.15) is 0 Å². The van der Waals surface area contributed by atoms with Crippen molar-refractivity contribution in [2.75, 3.05) is 13.1 Å². The maximum atomic E-state index is 11.2. The third kappa shape index (κ3) is 5.55. The lowest BCUT2D eigenvalue weighted by Gasteiger charge is -2.25. The SMILES string of the molecule is CCNC(=NCc1ccc(C(C)(C)C)cc1)NC1CCC(=O)NC1. The molecule has 0 spiro atoms. The molecular formula is C19H30N4O. The summed E-state index contributed by atoms with van der Waals surface area (Å²) in [6.45, 7) is 10.8. The summed E-state index contributed by atoms with van der Waals surface area (Å²) in [5.41, 5.74) is 2.69. The summed E-state index contributed by atoms with van der Waals surface area (Å²) in [7, 11) is 0. The van der Waals surface area contributed by atoms with Gasteiger partial charge >= 0.3 is 0 Å². The summed E-state index contributed by atoms with van der Waals surface area (Å²) in [5, 5.41) is 9.57. The van der Waals surface area contributed by atoms with Crippen LogP contribution in [0.2, 0.25) is 0 Å². The molecule has 0 saturated carbocycles. The first-order valence-electron chi connectivity index (χ1n) is 8.79. The molecule has 1 aromatic carbocycles. The Labute approximate surface area is 145 Å². The van der Waals surface area contributed by atoms with Gasteiger partial charge in [0, 0.05) is 25.6 Å². The van der Waals surface area contributed by atoms with E-state index < -0.39 is 0 Å². The zero-order chi connectivity index (χ0) is 17.6. The van der Waals surface area contributed by atoms with Crippen LogP contribution in [-0.4, -0.2) is 31.0 Å². The highest BCUT2D eigenvalue weighted by Gasteiger charge is 2.18. The van der Waals surface area contributed by atoms with E-state index in [1.54, 1.807) is 0 Å². The summed E-state index contributed by atoms with van der Waals surface area (Å²) < 4.78 is 0. The molecular weight excluding hydrogens is 300 g/mol. The summed E-state index contributed by atoms with van der Waals surface area (Å²) in [6.07, 6.45) is 1.42. The zero-order valence-electron chi connectivity index (χ0n) is 15.3. The van der Waals surface area contributed by atoms with Gasteiger partial charge in [-0.15, -0.1) is 0 Å². The fourth-order valence-electron chi connectivity index (χ4n) is 2.65. The molecule has 1 fully saturated rings. The third-order valence-electron chi connectivity index (χ3n) is 4.19. The van der Waals surface area contributed by atoms with Crippen LogP contribution in [0.3, 0.4) is 0 Å². The van der Waals surface area contributed by atoms with Gasteiger partial charge in [-0.05, 0) is 29.9 Å². The van der Waals surface area contributed by atoms with E-state index in [0.717, 1.165) is 18.9 Å². The van der Waals surface area contributed by atoms with Gasteiger partial charge in [-0.3, -0.25) is 4.79 Å². The molecule has 1 aliphatic heterocycles. The molecule has 0 radical (unpaired) electrons. The Morgan fingerprint density at radius 1 is 1.29 bits per heavy atom. The van der Waals surface area contributed by atoms with Crippen molar-refractivity contribution in [1.82, 2.24) is 16.0 Å². The first-order chi connectivity index (χ1) is 11.4. The van der Waals surface area contributed by atoms with Crippen molar-refractivity contribution in [3.05, 3.63) is 35.4 Å². The topological polar surface area (TPSA) is 65.5 Å². The van der Waals surface area contributed by atoms with E-state index in [4.69, 9.17) is 0 Å². The van der Waals surface area contributed by atoms with Gasteiger partial charge in [0.2, 0.25) is 5.91 Å². The molecule has 1 heterocycles. The van der Waals surface area contributed by atoms with Gasteiger partial charge in [0.25, 0.3) is 0 Å². The summed E-state index contributed by atoms with van der Waals surface area (Å²) in [4.78, 5) is 15.9. The predicted molar refractivity (Wildman–Crippen MR) is 99.1 cm³/mol. The molecule has 1 saturated heterocycles. The van der Waals surface area contributed by atoms with E-state index in [2.05, 4.69) is 72.9 Å². The van der Waals surface area contributed by atoms with Crippen molar-refractivity contribution < 1.29 is 4.79 Å². The monoisotopic (exact) mass is 330 g/mol. The number of guanidine groups is 1. The minimum Gasteiger partial charge on any atom is -0.357 e. The Kier molecular flexibility index (Phi) is 6.23. The maximum absolute atomic E-state index is 11.2. The zero-order valence-corrected chi connectivity index (χ0v) is 15.3. The Balaban J connectivity index is 1.96. The van der Waals surface area contributed by atoms with Gasteiger partial charge in [0.1, 0.15) is 0 Å². The lowest BCUT2D eigenvalue weighted by Crippen LogP contribution is -2.51. The molecule has 0 bridgehead atoms. The predicted octanol–water partition coefficient (Wildman–Crippen LogP) is 2.32. The average molecular weight is 330 g/mol. The molecule has 2 rings (SSSR count). The standard InChI is InChI=1S/C19H30N4O/c1-5-20-18(23-16-10-11-17(24)21-13-16)22-12-14-6-8-15(9-7-14)19(2,3)4/h6-9,16H,5,10-13H2,1-4H3,(H,21,24)(H2,20,22,23). The summed E-state index contributed by atoms with van der Waals surface area (Å²) in [5.74, 6) is 0.937. The molecule has 0 aliphatic carbocycles. The number of aliphatic imine (C=N–C) groups is 1. The second-order valence-electron chi connectivity index (χ2n) is 7.33. The number of nitrogens with one attached hydrogen (secondary N) is 3. The van der Waals surface area contributed by atoms with Crippen LogP contribution in [0.4, 0.5) is 0 Å². The van der Waals surface area contributed by atoms with E-state index in [-0.39, 0.29) is 17.4 Å². The van der Waals surface area contributed by atoms with Crippen LogP contribution in [0.5, 0.6) is 0 Å². The average Bonchev–Trinajstić information content (AvgIpc) is 2.54. The van der Waals surface area contributed by atoms with Crippen LogP contribution >= 0.6 is 0 Å². The molecule has 24 heavy (non-hydrogen) atoms. The number of benzene rings is 1. The number of rotatable bonds is 4. The highest BCUT2D eigenvalue weighted by atomic mass is 16.1. The number of nitrogens with zero attached hydrogens (tertiary/aromatic N) is 1. The van der Waals surface area contributed by atoms with E-state index in [1.807, 2.05) is 0 Å². The molecule has 1 unspecified atom stereocenters. The first-order valence-corrected chi connectivity index (χ1v) is 8.79. The number of carbonyl (C=O) groups excluding carboxylic acids is 1. The molecule has 5 nitrogen and oxygen atoms in total. The van der Waals surface area contributed by atoms with E-state index >= 15 is 0 Å². The lowest BCUT2D eigenvalue weighted by molar-refractivity contribution is -0.122. The van der Waals surface area contributed by atoms with E-state index in [1.165, 1.54) is 11.1 Å². The van der Waals surface area contributed by atoms with Crippen molar-refractivity contribution in [3.8, 4) is 0 Å². The van der Waals surface area contributed by atoms with Crippen molar-refractivity contribution in [1.29, 1.82) is 0 Å². The van der Waals surface area contributed by atoms with Crippen molar-refractivity contribution in [2.45, 2.75) is 58.5 Å². The van der Waals surface area contributed by atoms with E-state index in [9.17, 15) is 4.79 Å². The van der Waals surface area contributed by atoms with Crippen LogP contribution in [0.1, 0.15) is 51.7 Å². The molecule has 5 heteroatoms. The van der Waals surface area contributed by atoms with Crippen LogP contribution in [0.25, 0.3) is 0 Å². The number of piperidine rings is 1. The number of amides is 1. The Hall–Kier alpha value is -2.04. The number of hydrogen-bond donors (Lipinski definition) is 3. The Bertz CT molecular complexity index is 562. The number of hydrogen-bond acceptors (Lipinski definition) is 2. The molecule has 132 valence electrons. The van der Waals surface area contributed by atoms with Gasteiger partial charge in [-0.1, -0.05) is 45.0 Å². The van der Waals surface area contributed by atoms with Crippen LogP contribution in [-0.2, 0) is 16.8 Å². The second kappa shape index (κ2) is 8.18. The highest BCUT2D eigenvalue weighted by molar-refractivity contribution is 5.81. The first kappa shape index (κ1) is 18.3. The van der Waals surface area contributed by atoms with Crippen LogP contribution in [0.15, 0.2) is 29.3 Å². The summed E-state index contributed by atoms with van der Waals surface area (Å²) in [6, 6.07) is 8.90. The molecule has 1 aromatic rings. The molecule has 1 atom stereocenters. The fraction of sp³-hybridized carbons (Fsp3) is 0.579. The third-order valence-corrected chi connectivity index (χ3v) is 4.19. The molecule has 1 amide bonds. The second-order valence-corrected chi connectivity index (χ2v) is 7.33. The van der Waals surface area contributed by atoms with Crippen molar-refractivity contribution >= 4 is 11.9 Å². The maximum Gasteiger partial charge on any atom is 0.220 e. The minimum atomic E-state index is 0.133. The summed E-state index contributed by atoms with van der Waals surface area (Å²) >= 11 is 0. The van der Waals surface area contributed by atoms with Gasteiger partial charge in [0.05, 0.1) is 6.54 Å². The van der Waals surface area contributed by atoms with Crippen LogP contribution in [0, 0.1) is 0 Å². The molecule has 1 aliphatic rings. The van der Waals surface area contributed by atoms with Gasteiger partial charge < -0.3 is 16.0 Å². The fourth-order valence-corrected chi connectivity index (χ4v) is 2.65. The van der Waals surface area contributed by atoms with Gasteiger partial charge in [-0.25, -0.2) is 4.99 Å². The van der Waals surface area contributed by atoms with E-state index in [0.29, 0.717) is 19.5 Å². The molecule has 0 aromatic heterocycles. The minimum absolute atomic E-state index is 0.133. The molecule has 3 N–H and O–H groups in total. The van der Waals surface area contributed by atoms with Crippen molar-refractivity contribution in [3.63, 3.8) is 0 Å². The Morgan fingerprint density at radius 2 is 2.00 bits per heavy atom. The lowest BCUT2D eigenvalue weighted by atomic mass is 9.87. The smallest absolute Gasteiger partial charge is 0.220 e. The highest BCUT2D eigenvalue weighted by Crippen LogP contribution is 2.22. The number of carbonyl (C=O) groups is 1. The Morgan fingerprint density at radius 3 is 2.54 bits per heavy atom. The normalized spacial score (nSPS) is 18.9. The largest absolute Gasteiger partial charge is 0.357 e. The van der Waals surface area contributed by atoms with Gasteiger partial charge in [0.15, 0.2) is 5.96 Å². The quantitative estimate of drug-likeness (QED) is 0.586.